The van der Waals surface area contributed by atoms with Gasteiger partial charge in [-0.25, -0.2) is 4.98 Å². The van der Waals surface area contributed by atoms with E-state index in [1.54, 1.807) is 16.2 Å². The van der Waals surface area contributed by atoms with Crippen LogP contribution in [0.4, 0.5) is 0 Å². The highest BCUT2D eigenvalue weighted by atomic mass is 35.5. The Kier molecular flexibility index (Phi) is 5.94. The first kappa shape index (κ1) is 19.6. The van der Waals surface area contributed by atoms with Crippen LogP contribution in [-0.2, 0) is 19.6 Å². The van der Waals surface area contributed by atoms with E-state index in [0.717, 1.165) is 26.1 Å². The molecule has 0 unspecified atom stereocenters. The van der Waals surface area contributed by atoms with E-state index in [9.17, 15) is 4.79 Å². The van der Waals surface area contributed by atoms with E-state index < -0.39 is 0 Å². The van der Waals surface area contributed by atoms with Crippen LogP contribution >= 0.6 is 22.9 Å². The Balaban J connectivity index is 1.56. The van der Waals surface area contributed by atoms with E-state index in [-0.39, 0.29) is 5.91 Å². The molecule has 29 heavy (non-hydrogen) atoms. The molecule has 1 N–H and O–H groups in total. The van der Waals surface area contributed by atoms with Gasteiger partial charge < -0.3 is 14.6 Å². The second-order valence-electron chi connectivity index (χ2n) is 6.79. The fraction of sp³-hybridized carbons (Fsp3) is 0.182. The van der Waals surface area contributed by atoms with Crippen LogP contribution in [0.2, 0.25) is 4.34 Å². The topological polar surface area (TPSA) is 49.6 Å². The molecule has 7 heteroatoms. The Morgan fingerprint density at radius 3 is 2.66 bits per heavy atom. The summed E-state index contributed by atoms with van der Waals surface area (Å²) in [5, 5.41) is 3.41. The smallest absolute Gasteiger partial charge is 0.274 e. The van der Waals surface area contributed by atoms with E-state index >= 15 is 0 Å². The number of nitrogens with zero attached hydrogens (tertiary/aromatic N) is 3. The van der Waals surface area contributed by atoms with Crippen molar-refractivity contribution in [1.29, 1.82) is 0 Å². The standard InChI is InChI=1S/C22H21ClN4OS/c1-26(15-16-7-3-2-4-8-16)22(28)21-18(27-12-6-5-9-20(27)25-21)14-24-13-17-10-11-19(23)29-17/h2-12,24H,13-15H2,1H3. The van der Waals surface area contributed by atoms with Gasteiger partial charge in [-0.2, -0.15) is 0 Å². The van der Waals surface area contributed by atoms with Gasteiger partial charge in [0, 0.05) is 37.8 Å². The van der Waals surface area contributed by atoms with Crippen LogP contribution in [0.3, 0.4) is 0 Å². The van der Waals surface area contributed by atoms with Crippen LogP contribution in [0.1, 0.15) is 26.6 Å². The number of carbonyl (C=O) groups excluding carboxylic acids is 1. The zero-order valence-electron chi connectivity index (χ0n) is 16.0. The number of hydrogen-bond donors (Lipinski definition) is 1. The second kappa shape index (κ2) is 8.78. The number of imidazole rings is 1. The minimum atomic E-state index is -0.0893. The average molecular weight is 425 g/mol. The van der Waals surface area contributed by atoms with Crippen molar-refractivity contribution in [3.05, 3.63) is 93.0 Å². The molecule has 0 radical (unpaired) electrons. The molecule has 0 bridgehead atoms. The Morgan fingerprint density at radius 2 is 1.90 bits per heavy atom. The largest absolute Gasteiger partial charge is 0.336 e. The molecule has 0 fully saturated rings. The summed E-state index contributed by atoms with van der Waals surface area (Å²) in [5.74, 6) is -0.0893. The maximum absolute atomic E-state index is 13.2. The lowest BCUT2D eigenvalue weighted by molar-refractivity contribution is 0.0778. The summed E-state index contributed by atoms with van der Waals surface area (Å²) in [7, 11) is 1.81. The Morgan fingerprint density at radius 1 is 1.10 bits per heavy atom. The van der Waals surface area contributed by atoms with E-state index in [1.807, 2.05) is 78.3 Å². The summed E-state index contributed by atoms with van der Waals surface area (Å²) in [4.78, 5) is 20.7. The number of fused-ring (bicyclic) bond motifs is 1. The Bertz CT molecular complexity index is 1120. The molecule has 0 atom stereocenters. The summed E-state index contributed by atoms with van der Waals surface area (Å²) >= 11 is 7.56. The first-order chi connectivity index (χ1) is 14.1. The van der Waals surface area contributed by atoms with Crippen molar-refractivity contribution < 1.29 is 4.79 Å². The highest BCUT2D eigenvalue weighted by molar-refractivity contribution is 7.16. The number of thiophene rings is 1. The fourth-order valence-corrected chi connectivity index (χ4v) is 4.30. The summed E-state index contributed by atoms with van der Waals surface area (Å²) in [6.45, 7) is 1.75. The third kappa shape index (κ3) is 4.50. The number of benzene rings is 1. The number of rotatable bonds is 7. The lowest BCUT2D eigenvalue weighted by atomic mass is 10.2. The molecule has 4 rings (SSSR count). The molecule has 5 nitrogen and oxygen atoms in total. The van der Waals surface area contributed by atoms with Crippen molar-refractivity contribution in [2.45, 2.75) is 19.6 Å². The molecule has 4 aromatic rings. The number of pyridine rings is 1. The monoisotopic (exact) mass is 424 g/mol. The maximum Gasteiger partial charge on any atom is 0.274 e. The molecule has 1 aromatic carbocycles. The molecule has 0 aliphatic carbocycles. The second-order valence-corrected chi connectivity index (χ2v) is 8.59. The molecule has 0 saturated carbocycles. The first-order valence-corrected chi connectivity index (χ1v) is 10.5. The van der Waals surface area contributed by atoms with Crippen LogP contribution in [0, 0.1) is 0 Å². The van der Waals surface area contributed by atoms with Gasteiger partial charge in [-0.15, -0.1) is 11.3 Å². The molecule has 0 spiro atoms. The van der Waals surface area contributed by atoms with E-state index in [0.29, 0.717) is 25.3 Å². The third-order valence-electron chi connectivity index (χ3n) is 4.66. The fourth-order valence-electron chi connectivity index (χ4n) is 3.25. The number of nitrogens with one attached hydrogen (secondary N) is 1. The van der Waals surface area contributed by atoms with Crippen molar-refractivity contribution in [2.75, 3.05) is 7.05 Å². The number of carbonyl (C=O) groups is 1. The first-order valence-electron chi connectivity index (χ1n) is 9.32. The summed E-state index contributed by atoms with van der Waals surface area (Å²) in [5.41, 5.74) is 3.18. The highest BCUT2D eigenvalue weighted by Gasteiger charge is 2.21. The van der Waals surface area contributed by atoms with E-state index in [2.05, 4.69) is 10.3 Å². The Labute approximate surface area is 178 Å². The minimum absolute atomic E-state index is 0.0893. The van der Waals surface area contributed by atoms with Crippen molar-refractivity contribution in [3.63, 3.8) is 0 Å². The van der Waals surface area contributed by atoms with Gasteiger partial charge in [0.15, 0.2) is 5.69 Å². The molecule has 0 saturated heterocycles. The van der Waals surface area contributed by atoms with Gasteiger partial charge in [-0.05, 0) is 29.8 Å². The van der Waals surface area contributed by atoms with Gasteiger partial charge in [-0.1, -0.05) is 48.0 Å². The van der Waals surface area contributed by atoms with Crippen LogP contribution in [0.15, 0.2) is 66.9 Å². The predicted molar refractivity (Wildman–Crippen MR) is 117 cm³/mol. The maximum atomic E-state index is 13.2. The zero-order valence-corrected chi connectivity index (χ0v) is 17.6. The normalized spacial score (nSPS) is 11.1. The van der Waals surface area contributed by atoms with E-state index in [4.69, 9.17) is 11.6 Å². The van der Waals surface area contributed by atoms with Gasteiger partial charge in [0.2, 0.25) is 0 Å². The lowest BCUT2D eigenvalue weighted by Gasteiger charge is -2.17. The molecule has 0 aliphatic rings. The molecule has 1 amide bonds. The van der Waals surface area contributed by atoms with Crippen molar-refractivity contribution in [1.82, 2.24) is 19.6 Å². The Hall–Kier alpha value is -2.67. The molecule has 3 heterocycles. The molecule has 148 valence electrons. The van der Waals surface area contributed by atoms with Gasteiger partial charge in [-0.3, -0.25) is 4.79 Å². The summed E-state index contributed by atoms with van der Waals surface area (Å²) in [6.07, 6.45) is 1.94. The molecule has 0 aliphatic heterocycles. The SMILES string of the molecule is CN(Cc1ccccc1)C(=O)c1nc2ccccn2c1CNCc1ccc(Cl)s1. The average Bonchev–Trinajstić information content (AvgIpc) is 3.32. The summed E-state index contributed by atoms with van der Waals surface area (Å²) < 4.78 is 2.74. The van der Waals surface area contributed by atoms with Crippen molar-refractivity contribution >= 4 is 34.5 Å². The van der Waals surface area contributed by atoms with Crippen LogP contribution in [-0.4, -0.2) is 27.2 Å². The van der Waals surface area contributed by atoms with Crippen LogP contribution < -0.4 is 5.32 Å². The quantitative estimate of drug-likeness (QED) is 0.471. The van der Waals surface area contributed by atoms with Gasteiger partial charge >= 0.3 is 0 Å². The lowest BCUT2D eigenvalue weighted by Crippen LogP contribution is -2.28. The van der Waals surface area contributed by atoms with Gasteiger partial charge in [0.1, 0.15) is 5.65 Å². The zero-order chi connectivity index (χ0) is 20.2. The number of amides is 1. The van der Waals surface area contributed by atoms with Gasteiger partial charge in [0.05, 0.1) is 10.0 Å². The van der Waals surface area contributed by atoms with E-state index in [1.165, 1.54) is 0 Å². The third-order valence-corrected chi connectivity index (χ3v) is 5.89. The van der Waals surface area contributed by atoms with Crippen LogP contribution in [0.25, 0.3) is 5.65 Å². The highest BCUT2D eigenvalue weighted by Crippen LogP contribution is 2.21. The molecular weight excluding hydrogens is 404 g/mol. The number of halogens is 1. The predicted octanol–water partition coefficient (Wildman–Crippen LogP) is 4.61. The van der Waals surface area contributed by atoms with Gasteiger partial charge in [0.25, 0.3) is 5.91 Å². The number of hydrogen-bond acceptors (Lipinski definition) is 4. The summed E-state index contributed by atoms with van der Waals surface area (Å²) in [6, 6.07) is 19.6. The molecular formula is C22H21ClN4OS. The van der Waals surface area contributed by atoms with Crippen molar-refractivity contribution in [2.24, 2.45) is 0 Å². The number of aromatic nitrogens is 2. The minimum Gasteiger partial charge on any atom is -0.336 e. The van der Waals surface area contributed by atoms with Crippen LogP contribution in [0.5, 0.6) is 0 Å². The molecule has 3 aromatic heterocycles. The van der Waals surface area contributed by atoms with Crippen molar-refractivity contribution in [3.8, 4) is 0 Å².